The van der Waals surface area contributed by atoms with Crippen molar-refractivity contribution < 1.29 is 98.6 Å². The summed E-state index contributed by atoms with van der Waals surface area (Å²) >= 11 is 0. The second-order valence-corrected chi connectivity index (χ2v) is 13.6. The molecule has 20 nitrogen and oxygen atoms in total. The van der Waals surface area contributed by atoms with Gasteiger partial charge in [-0.05, 0) is 42.0 Å². The van der Waals surface area contributed by atoms with E-state index in [9.17, 15) is 60.3 Å². The zero-order chi connectivity index (χ0) is 42.5. The molecule has 3 heterocycles. The van der Waals surface area contributed by atoms with Crippen molar-refractivity contribution in [2.75, 3.05) is 13.2 Å². The second-order valence-electron chi connectivity index (χ2n) is 13.6. The Morgan fingerprint density at radius 2 is 1.22 bits per heavy atom. The van der Waals surface area contributed by atoms with Gasteiger partial charge in [0.15, 0.2) is 6.10 Å². The third-order valence-electron chi connectivity index (χ3n) is 9.31. The number of carboxylic acids is 1. The largest absolute Gasteiger partial charge is 0.508 e. The van der Waals surface area contributed by atoms with Crippen molar-refractivity contribution in [1.29, 1.82) is 0 Å². The number of carbonyl (C=O) groups is 3. The van der Waals surface area contributed by atoms with E-state index in [0.29, 0.717) is 11.1 Å². The van der Waals surface area contributed by atoms with Crippen molar-refractivity contribution in [3.05, 3.63) is 89.2 Å². The summed E-state index contributed by atoms with van der Waals surface area (Å²) in [6.07, 6.45) is -16.2. The number of benzene rings is 3. The SMILES string of the molecule is O=C(O)CC(=O)OC[C@@H]1O[C@@H](Oc2cc(O)cc3c2C=C(O[C@@H]2O[C@H](COC(=O)/C=C/c4ccc(O)cc4)[C@@H](O)[C@H](O)[C@H]2O)C(c2ccc(O)cc2)O3)[C@H](O)[C@@H](O)[C@@H]1O. The lowest BCUT2D eigenvalue weighted by Gasteiger charge is -2.41. The Balaban J connectivity index is 1.25. The molecule has 316 valence electrons. The highest BCUT2D eigenvalue weighted by molar-refractivity contribution is 5.90. The number of aromatic hydroxyl groups is 3. The van der Waals surface area contributed by atoms with Crippen LogP contribution in [0.1, 0.15) is 29.2 Å². The lowest BCUT2D eigenvalue weighted by atomic mass is 9.98. The molecule has 11 atom stereocenters. The number of ether oxygens (including phenoxy) is 7. The van der Waals surface area contributed by atoms with Gasteiger partial charge in [-0.3, -0.25) is 9.59 Å². The molecule has 59 heavy (non-hydrogen) atoms. The van der Waals surface area contributed by atoms with Crippen LogP contribution in [-0.4, -0.2) is 144 Å². The zero-order valence-corrected chi connectivity index (χ0v) is 30.5. The quantitative estimate of drug-likeness (QED) is 0.0593. The van der Waals surface area contributed by atoms with Gasteiger partial charge in [0.05, 0.1) is 5.56 Å². The molecule has 2 fully saturated rings. The smallest absolute Gasteiger partial charge is 0.330 e. The second kappa shape index (κ2) is 18.3. The van der Waals surface area contributed by atoms with Gasteiger partial charge >= 0.3 is 17.9 Å². The molecule has 20 heteroatoms. The minimum atomic E-state index is -1.93. The molecule has 0 amide bonds. The van der Waals surface area contributed by atoms with Crippen LogP contribution in [0.2, 0.25) is 0 Å². The maximum Gasteiger partial charge on any atom is 0.330 e. The van der Waals surface area contributed by atoms with E-state index in [2.05, 4.69) is 0 Å². The van der Waals surface area contributed by atoms with Gasteiger partial charge in [-0.25, -0.2) is 4.79 Å². The normalized spacial score (nSPS) is 29.1. The predicted octanol–water partition coefficient (Wildman–Crippen LogP) is -0.437. The number of hydrogen-bond donors (Lipinski definition) is 10. The van der Waals surface area contributed by atoms with Crippen molar-refractivity contribution in [3.8, 4) is 28.7 Å². The zero-order valence-electron chi connectivity index (χ0n) is 30.5. The van der Waals surface area contributed by atoms with E-state index in [1.54, 1.807) is 12.1 Å². The van der Waals surface area contributed by atoms with Crippen LogP contribution in [0.15, 0.2) is 72.5 Å². The Kier molecular flexibility index (Phi) is 13.2. The van der Waals surface area contributed by atoms with Crippen LogP contribution in [0.4, 0.5) is 0 Å². The Hall–Kier alpha value is -5.97. The highest BCUT2D eigenvalue weighted by Crippen LogP contribution is 2.46. The van der Waals surface area contributed by atoms with Gasteiger partial charge in [0, 0.05) is 23.8 Å². The van der Waals surface area contributed by atoms with Crippen LogP contribution in [0.25, 0.3) is 12.2 Å². The van der Waals surface area contributed by atoms with E-state index in [1.165, 1.54) is 54.6 Å². The molecule has 3 aliphatic rings. The van der Waals surface area contributed by atoms with Gasteiger partial charge in [0.25, 0.3) is 0 Å². The van der Waals surface area contributed by atoms with Crippen molar-refractivity contribution in [2.24, 2.45) is 0 Å². The van der Waals surface area contributed by atoms with Gasteiger partial charge in [-0.1, -0.05) is 24.3 Å². The molecular weight excluding hydrogens is 788 g/mol. The number of phenols is 3. The molecule has 3 aromatic rings. The molecule has 3 aromatic carbocycles. The Bertz CT molecular complexity index is 2030. The van der Waals surface area contributed by atoms with Crippen LogP contribution in [0, 0.1) is 0 Å². The van der Waals surface area contributed by atoms with Gasteiger partial charge in [-0.15, -0.1) is 0 Å². The highest BCUT2D eigenvalue weighted by atomic mass is 16.7. The number of aliphatic hydroxyl groups is 6. The summed E-state index contributed by atoms with van der Waals surface area (Å²) in [6.45, 7) is -1.35. The van der Waals surface area contributed by atoms with E-state index in [4.69, 9.17) is 38.3 Å². The van der Waals surface area contributed by atoms with E-state index in [0.717, 1.165) is 12.1 Å². The number of carboxylic acid groups (broad SMARTS) is 1. The van der Waals surface area contributed by atoms with Crippen LogP contribution in [0.5, 0.6) is 28.7 Å². The number of phenolic OH excluding ortho intramolecular Hbond substituents is 3. The minimum absolute atomic E-state index is 0.00505. The van der Waals surface area contributed by atoms with Gasteiger partial charge in [0.2, 0.25) is 12.6 Å². The number of aliphatic hydroxyl groups excluding tert-OH is 6. The Morgan fingerprint density at radius 1 is 0.661 bits per heavy atom. The van der Waals surface area contributed by atoms with Crippen molar-refractivity contribution in [2.45, 2.75) is 73.9 Å². The Labute approximate surface area is 333 Å². The first kappa shape index (κ1) is 42.6. The fraction of sp³-hybridized carbons (Fsp3) is 0.359. The predicted molar refractivity (Wildman–Crippen MR) is 194 cm³/mol. The fourth-order valence-corrected chi connectivity index (χ4v) is 6.18. The molecule has 6 rings (SSSR count). The molecule has 2 saturated heterocycles. The van der Waals surface area contributed by atoms with Crippen LogP contribution in [-0.2, 0) is 38.1 Å². The molecule has 3 aliphatic heterocycles. The summed E-state index contributed by atoms with van der Waals surface area (Å²) in [4.78, 5) is 35.1. The molecule has 0 spiro atoms. The van der Waals surface area contributed by atoms with Crippen LogP contribution in [0.3, 0.4) is 0 Å². The minimum Gasteiger partial charge on any atom is -0.508 e. The molecule has 0 aliphatic carbocycles. The summed E-state index contributed by atoms with van der Waals surface area (Å²) in [6, 6.07) is 13.8. The van der Waals surface area contributed by atoms with Gasteiger partial charge < -0.3 is 84.2 Å². The van der Waals surface area contributed by atoms with Crippen molar-refractivity contribution in [1.82, 2.24) is 0 Å². The molecule has 0 saturated carbocycles. The molecule has 10 N–H and O–H groups in total. The van der Waals surface area contributed by atoms with E-state index in [-0.39, 0.29) is 34.3 Å². The maximum absolute atomic E-state index is 12.5. The number of fused-ring (bicyclic) bond motifs is 1. The summed E-state index contributed by atoms with van der Waals surface area (Å²) in [5.74, 6) is -4.48. The molecule has 1 unspecified atom stereocenters. The average Bonchev–Trinajstić information content (AvgIpc) is 3.20. The fourth-order valence-electron chi connectivity index (χ4n) is 6.18. The van der Waals surface area contributed by atoms with Crippen LogP contribution < -0.4 is 9.47 Å². The lowest BCUT2D eigenvalue weighted by Crippen LogP contribution is -2.60. The average molecular weight is 829 g/mol. The summed E-state index contributed by atoms with van der Waals surface area (Å²) < 4.78 is 39.6. The molecule has 0 radical (unpaired) electrons. The number of rotatable bonds is 13. The first-order chi connectivity index (χ1) is 28.1. The first-order valence-electron chi connectivity index (χ1n) is 17.9. The van der Waals surface area contributed by atoms with E-state index < -0.39 is 111 Å². The molecule has 0 aromatic heterocycles. The van der Waals surface area contributed by atoms with Crippen LogP contribution >= 0.6 is 0 Å². The number of hydrogen-bond acceptors (Lipinski definition) is 19. The van der Waals surface area contributed by atoms with Gasteiger partial charge in [0.1, 0.15) is 103 Å². The van der Waals surface area contributed by atoms with Crippen molar-refractivity contribution >= 4 is 30.1 Å². The van der Waals surface area contributed by atoms with Crippen molar-refractivity contribution in [3.63, 3.8) is 0 Å². The van der Waals surface area contributed by atoms with E-state index in [1.807, 2.05) is 0 Å². The number of carbonyl (C=O) groups excluding carboxylic acids is 2. The molecular formula is C39H40O20. The summed E-state index contributed by atoms with van der Waals surface area (Å²) in [7, 11) is 0. The standard InChI is InChI=1S/C39H40O20/c40-19-6-1-17(2-7-19)3-10-29(45)53-15-26-31(47)34(50)36(52)39(59-26)57-25-13-22-23(55-37(25)18-4-8-20(41)9-5-18)11-21(42)12-24(22)56-38-35(51)33(49)32(48)27(58-38)16-54-30(46)14-28(43)44/h1-13,26-27,31-42,47-52H,14-16H2,(H,43,44)/b10-3+/t26-,27+,31-,32-,33+,34+,35-,36-,37?,38-,39-/m1/s1. The number of esters is 2. The topological polar surface area (TPSA) is 318 Å². The van der Waals surface area contributed by atoms with Gasteiger partial charge in [-0.2, -0.15) is 0 Å². The third kappa shape index (κ3) is 10.2. The third-order valence-corrected chi connectivity index (χ3v) is 9.31. The highest BCUT2D eigenvalue weighted by Gasteiger charge is 2.48. The summed E-state index contributed by atoms with van der Waals surface area (Å²) in [5.41, 5.74) is 0.925. The maximum atomic E-state index is 12.5. The monoisotopic (exact) mass is 828 g/mol. The van der Waals surface area contributed by atoms with E-state index >= 15 is 0 Å². The first-order valence-corrected chi connectivity index (χ1v) is 17.9. The Morgan fingerprint density at radius 3 is 1.81 bits per heavy atom. The molecule has 0 bridgehead atoms. The number of aliphatic carboxylic acids is 1. The lowest BCUT2D eigenvalue weighted by molar-refractivity contribution is -0.294. The summed E-state index contributed by atoms with van der Waals surface area (Å²) in [5, 5.41) is 103.